The van der Waals surface area contributed by atoms with Crippen LogP contribution >= 0.6 is 0 Å². The van der Waals surface area contributed by atoms with Gasteiger partial charge < -0.3 is 0 Å². The Bertz CT molecular complexity index is 383. The Morgan fingerprint density at radius 3 is 2.61 bits per heavy atom. The molecule has 0 amide bonds. The second-order valence-electron chi connectivity index (χ2n) is 7.20. The highest BCUT2D eigenvalue weighted by molar-refractivity contribution is 5.90. The predicted molar refractivity (Wildman–Crippen MR) is 72.0 cm³/mol. The van der Waals surface area contributed by atoms with Gasteiger partial charge >= 0.3 is 0 Å². The van der Waals surface area contributed by atoms with E-state index >= 15 is 0 Å². The maximum Gasteiger partial charge on any atom is 0.155 e. The van der Waals surface area contributed by atoms with Crippen LogP contribution in [0.2, 0.25) is 0 Å². The molecule has 0 saturated heterocycles. The smallest absolute Gasteiger partial charge is 0.155 e. The van der Waals surface area contributed by atoms with Crippen molar-refractivity contribution in [3.05, 3.63) is 12.2 Å². The van der Waals surface area contributed by atoms with Gasteiger partial charge in [0.25, 0.3) is 0 Å². The van der Waals surface area contributed by atoms with E-state index in [9.17, 15) is 4.79 Å². The summed E-state index contributed by atoms with van der Waals surface area (Å²) in [5.41, 5.74) is 0. The largest absolute Gasteiger partial charge is 0.295 e. The Morgan fingerprint density at radius 2 is 1.67 bits per heavy atom. The van der Waals surface area contributed by atoms with E-state index in [1.807, 2.05) is 6.08 Å². The number of carbonyl (C=O) groups excluding carboxylic acids is 1. The monoisotopic (exact) mass is 244 g/mol. The third-order valence-corrected chi connectivity index (χ3v) is 6.57. The molecule has 98 valence electrons. The first-order valence-corrected chi connectivity index (χ1v) is 8.04. The highest BCUT2D eigenvalue weighted by Gasteiger charge is 2.48. The molecule has 0 aliphatic heterocycles. The fourth-order valence-corrected chi connectivity index (χ4v) is 5.86. The van der Waals surface area contributed by atoms with E-state index in [2.05, 4.69) is 6.08 Å². The molecule has 4 aliphatic rings. The van der Waals surface area contributed by atoms with E-state index in [0.717, 1.165) is 36.0 Å². The molecular formula is C17H24O. The molecule has 0 aromatic carbocycles. The Labute approximate surface area is 110 Å². The fraction of sp³-hybridized carbons (Fsp3) is 0.824. The van der Waals surface area contributed by atoms with E-state index in [0.29, 0.717) is 11.7 Å². The molecule has 0 radical (unpaired) electrons. The summed E-state index contributed by atoms with van der Waals surface area (Å²) in [5.74, 6) is 5.87. The molecule has 18 heavy (non-hydrogen) atoms. The average molecular weight is 244 g/mol. The predicted octanol–water partition coefficient (Wildman–Crippen LogP) is 3.98. The van der Waals surface area contributed by atoms with Crippen molar-refractivity contribution in [2.45, 2.75) is 51.4 Å². The number of allylic oxidation sites excluding steroid dienone is 2. The minimum atomic E-state index is 0.379. The van der Waals surface area contributed by atoms with Crippen LogP contribution in [-0.4, -0.2) is 5.78 Å². The second kappa shape index (κ2) is 4.21. The number of ketones is 1. The van der Waals surface area contributed by atoms with Crippen molar-refractivity contribution in [3.63, 3.8) is 0 Å². The lowest BCUT2D eigenvalue weighted by Crippen LogP contribution is -2.43. The summed E-state index contributed by atoms with van der Waals surface area (Å²) in [7, 11) is 0. The van der Waals surface area contributed by atoms with Gasteiger partial charge in [-0.25, -0.2) is 0 Å². The zero-order valence-electron chi connectivity index (χ0n) is 11.2. The fourth-order valence-electron chi connectivity index (χ4n) is 5.86. The Balaban J connectivity index is 1.60. The Morgan fingerprint density at radius 1 is 0.833 bits per heavy atom. The van der Waals surface area contributed by atoms with E-state index in [4.69, 9.17) is 0 Å². The number of rotatable bonds is 0. The molecule has 0 N–H and O–H groups in total. The van der Waals surface area contributed by atoms with Crippen LogP contribution in [0.5, 0.6) is 0 Å². The van der Waals surface area contributed by atoms with Crippen molar-refractivity contribution in [1.29, 1.82) is 0 Å². The molecule has 0 bridgehead atoms. The summed E-state index contributed by atoms with van der Waals surface area (Å²) in [5, 5.41) is 0. The summed E-state index contributed by atoms with van der Waals surface area (Å²) in [6, 6.07) is 0. The average Bonchev–Trinajstić information content (AvgIpc) is 2.86. The molecule has 1 heteroatoms. The second-order valence-corrected chi connectivity index (χ2v) is 7.20. The quantitative estimate of drug-likeness (QED) is 0.630. The van der Waals surface area contributed by atoms with Gasteiger partial charge in [0.05, 0.1) is 0 Å². The minimum Gasteiger partial charge on any atom is -0.295 e. The van der Waals surface area contributed by atoms with Crippen LogP contribution in [0.4, 0.5) is 0 Å². The Hall–Kier alpha value is -0.590. The van der Waals surface area contributed by atoms with Gasteiger partial charge in [-0.05, 0) is 73.7 Å². The van der Waals surface area contributed by atoms with Crippen molar-refractivity contribution < 1.29 is 4.79 Å². The first kappa shape index (κ1) is 11.3. The third-order valence-electron chi connectivity index (χ3n) is 6.57. The topological polar surface area (TPSA) is 17.1 Å². The van der Waals surface area contributed by atoms with E-state index in [1.165, 1.54) is 44.9 Å². The van der Waals surface area contributed by atoms with Gasteiger partial charge in [-0.1, -0.05) is 18.9 Å². The highest BCUT2D eigenvalue weighted by Crippen LogP contribution is 2.56. The molecule has 0 aromatic rings. The molecule has 1 nitrogen and oxygen atoms in total. The van der Waals surface area contributed by atoms with Crippen LogP contribution in [0.25, 0.3) is 0 Å². The number of carbonyl (C=O) groups is 1. The maximum absolute atomic E-state index is 11.6. The van der Waals surface area contributed by atoms with E-state index < -0.39 is 0 Å². The van der Waals surface area contributed by atoms with Gasteiger partial charge in [0.2, 0.25) is 0 Å². The Kier molecular flexibility index (Phi) is 2.63. The summed E-state index contributed by atoms with van der Waals surface area (Å²) < 4.78 is 0. The standard InChI is InChI=1S/C17H24O/c18-13-6-9-15-12(10-13)5-8-16-14-3-1-2-11(14)4-7-17(15)16/h6,9,11-12,14-17H,1-5,7-8,10H2/t11-,12?,14+,15-,16-,17+/m0/s1. The van der Waals surface area contributed by atoms with Crippen molar-refractivity contribution in [2.75, 3.05) is 0 Å². The summed E-state index contributed by atoms with van der Waals surface area (Å²) >= 11 is 0. The van der Waals surface area contributed by atoms with Crippen LogP contribution in [0.15, 0.2) is 12.2 Å². The van der Waals surface area contributed by atoms with Crippen LogP contribution in [0.1, 0.15) is 51.4 Å². The summed E-state index contributed by atoms with van der Waals surface area (Å²) in [4.78, 5) is 11.6. The first-order chi connectivity index (χ1) is 8.83. The number of hydrogen-bond donors (Lipinski definition) is 0. The van der Waals surface area contributed by atoms with E-state index in [-0.39, 0.29) is 0 Å². The summed E-state index contributed by atoms with van der Waals surface area (Å²) in [6.45, 7) is 0. The molecule has 0 aromatic heterocycles. The maximum atomic E-state index is 11.6. The zero-order valence-corrected chi connectivity index (χ0v) is 11.2. The number of hydrogen-bond acceptors (Lipinski definition) is 1. The molecule has 0 heterocycles. The first-order valence-electron chi connectivity index (χ1n) is 8.04. The van der Waals surface area contributed by atoms with Crippen molar-refractivity contribution >= 4 is 5.78 Å². The zero-order chi connectivity index (χ0) is 12.1. The van der Waals surface area contributed by atoms with Crippen molar-refractivity contribution in [2.24, 2.45) is 35.5 Å². The molecule has 0 spiro atoms. The van der Waals surface area contributed by atoms with Crippen LogP contribution < -0.4 is 0 Å². The molecule has 1 unspecified atom stereocenters. The normalized spacial score (nSPS) is 50.6. The minimum absolute atomic E-state index is 0.379. The van der Waals surface area contributed by atoms with Crippen LogP contribution in [0, 0.1) is 35.5 Å². The third kappa shape index (κ3) is 1.62. The SMILES string of the molecule is O=C1C=C[C@H]2C(CC[C@H]3[C@@H]4CCC[C@H]4CC[C@@H]32)C1. The summed E-state index contributed by atoms with van der Waals surface area (Å²) in [6.07, 6.45) is 15.2. The highest BCUT2D eigenvalue weighted by atomic mass is 16.1. The van der Waals surface area contributed by atoms with Gasteiger partial charge in [-0.2, -0.15) is 0 Å². The molecule has 3 fully saturated rings. The molecule has 3 saturated carbocycles. The lowest BCUT2D eigenvalue weighted by Gasteiger charge is -2.50. The van der Waals surface area contributed by atoms with Crippen LogP contribution in [0.3, 0.4) is 0 Å². The van der Waals surface area contributed by atoms with Gasteiger partial charge in [0, 0.05) is 6.42 Å². The molecule has 4 aliphatic carbocycles. The van der Waals surface area contributed by atoms with Gasteiger partial charge in [-0.15, -0.1) is 0 Å². The van der Waals surface area contributed by atoms with E-state index in [1.54, 1.807) is 0 Å². The van der Waals surface area contributed by atoms with Crippen molar-refractivity contribution in [1.82, 2.24) is 0 Å². The lowest BCUT2D eigenvalue weighted by molar-refractivity contribution is -0.117. The van der Waals surface area contributed by atoms with Crippen molar-refractivity contribution in [3.8, 4) is 0 Å². The molecule has 4 rings (SSSR count). The van der Waals surface area contributed by atoms with Gasteiger partial charge in [-0.3, -0.25) is 4.79 Å². The number of fused-ring (bicyclic) bond motifs is 5. The lowest BCUT2D eigenvalue weighted by atomic mass is 9.55. The van der Waals surface area contributed by atoms with Gasteiger partial charge in [0.15, 0.2) is 5.78 Å². The van der Waals surface area contributed by atoms with Gasteiger partial charge in [0.1, 0.15) is 0 Å². The van der Waals surface area contributed by atoms with Crippen LogP contribution in [-0.2, 0) is 4.79 Å². The molecule has 6 atom stereocenters. The molecular weight excluding hydrogens is 220 g/mol.